The number of piperidine rings is 1. The van der Waals surface area contributed by atoms with Gasteiger partial charge in [-0.25, -0.2) is 8.78 Å². The molecule has 3 fully saturated rings. The Morgan fingerprint density at radius 1 is 1.39 bits per heavy atom. The Balaban J connectivity index is 1.37. The number of likely N-dealkylation sites (tertiary alicyclic amines) is 1. The molecule has 1 amide bonds. The van der Waals surface area contributed by atoms with Crippen molar-refractivity contribution in [2.45, 2.75) is 50.7 Å². The molecule has 1 aromatic heterocycles. The largest absolute Gasteiger partial charge is 0.365 e. The maximum Gasteiger partial charge on any atom is 0.249 e. The number of aromatic nitrogens is 2. The van der Waals surface area contributed by atoms with Crippen LogP contribution in [0.4, 0.5) is 8.78 Å². The van der Waals surface area contributed by atoms with Crippen molar-refractivity contribution in [1.29, 1.82) is 0 Å². The summed E-state index contributed by atoms with van der Waals surface area (Å²) in [6, 6.07) is 0. The fourth-order valence-corrected chi connectivity index (χ4v) is 3.84. The molecule has 4 rings (SSSR count). The first-order valence-corrected chi connectivity index (χ1v) is 8.03. The van der Waals surface area contributed by atoms with Gasteiger partial charge < -0.3 is 14.2 Å². The topological polar surface area (TPSA) is 68.5 Å². The van der Waals surface area contributed by atoms with E-state index < -0.39 is 11.8 Å². The molecule has 23 heavy (non-hydrogen) atoms. The van der Waals surface area contributed by atoms with Gasteiger partial charge in [0.05, 0.1) is 6.10 Å². The van der Waals surface area contributed by atoms with Gasteiger partial charge in [0.25, 0.3) is 0 Å². The summed E-state index contributed by atoms with van der Waals surface area (Å²) in [5.74, 6) is -1.94. The summed E-state index contributed by atoms with van der Waals surface area (Å²) >= 11 is 0. The number of carbonyl (C=O) groups is 1. The molecule has 126 valence electrons. The van der Waals surface area contributed by atoms with Crippen LogP contribution in [0.1, 0.15) is 43.5 Å². The van der Waals surface area contributed by atoms with Crippen LogP contribution in [0, 0.1) is 18.8 Å². The highest BCUT2D eigenvalue weighted by Gasteiger charge is 2.51. The van der Waals surface area contributed by atoms with Crippen LogP contribution < -0.4 is 0 Å². The molecule has 8 heteroatoms. The number of rotatable bonds is 2. The van der Waals surface area contributed by atoms with E-state index >= 15 is 0 Å². The Morgan fingerprint density at radius 2 is 2.17 bits per heavy atom. The van der Waals surface area contributed by atoms with Crippen LogP contribution in [0.15, 0.2) is 4.52 Å². The average molecular weight is 327 g/mol. The monoisotopic (exact) mass is 327 g/mol. The fourth-order valence-electron chi connectivity index (χ4n) is 3.84. The molecule has 0 radical (unpaired) electrons. The van der Waals surface area contributed by atoms with Crippen molar-refractivity contribution in [3.05, 3.63) is 11.7 Å². The van der Waals surface area contributed by atoms with E-state index in [1.54, 1.807) is 11.8 Å². The Labute approximate surface area is 132 Å². The number of aryl methyl sites for hydroxylation is 1. The molecular weight excluding hydrogens is 308 g/mol. The minimum absolute atomic E-state index is 0.0721. The molecule has 0 aromatic carbocycles. The molecule has 6 nitrogen and oxygen atoms in total. The van der Waals surface area contributed by atoms with E-state index in [2.05, 4.69) is 10.1 Å². The van der Waals surface area contributed by atoms with E-state index in [1.807, 2.05) is 0 Å². The maximum absolute atomic E-state index is 13.0. The molecule has 2 aliphatic heterocycles. The molecule has 1 aromatic rings. The molecule has 1 aliphatic carbocycles. The van der Waals surface area contributed by atoms with Crippen molar-refractivity contribution < 1.29 is 22.8 Å². The van der Waals surface area contributed by atoms with Gasteiger partial charge in [-0.3, -0.25) is 4.79 Å². The molecule has 1 saturated carbocycles. The first-order chi connectivity index (χ1) is 10.9. The fraction of sp³-hybridized carbons (Fsp3) is 0.800. The third kappa shape index (κ3) is 2.73. The number of ether oxygens (including phenoxy) is 1. The Hall–Kier alpha value is -1.57. The standard InChI is InChI=1S/C15H19F2N3O3/c1-8-18-13(19-23-8)11-4-9-2-3-20(7-12(9)22-11)14(21)10-5-15(16,17)6-10/h9-12H,2-7H2,1H3/t9-,11+,12+/m0/s1. The number of hydrogen-bond donors (Lipinski definition) is 0. The molecule has 3 aliphatic rings. The highest BCUT2D eigenvalue weighted by molar-refractivity contribution is 5.80. The smallest absolute Gasteiger partial charge is 0.249 e. The third-order valence-corrected chi connectivity index (χ3v) is 5.13. The van der Waals surface area contributed by atoms with Crippen molar-refractivity contribution >= 4 is 5.91 Å². The van der Waals surface area contributed by atoms with Crippen LogP contribution in [0.25, 0.3) is 0 Å². The number of hydrogen-bond acceptors (Lipinski definition) is 5. The SMILES string of the molecule is Cc1nc([C@H]2C[C@@H]3CCN(C(=O)C4CC(F)(F)C4)C[C@H]3O2)no1. The van der Waals surface area contributed by atoms with Crippen LogP contribution >= 0.6 is 0 Å². The van der Waals surface area contributed by atoms with Gasteiger partial charge in [0, 0.05) is 38.8 Å². The number of amides is 1. The zero-order valence-electron chi connectivity index (χ0n) is 12.9. The molecular formula is C15H19F2N3O3. The summed E-state index contributed by atoms with van der Waals surface area (Å²) < 4.78 is 36.9. The van der Waals surface area contributed by atoms with Gasteiger partial charge in [0.1, 0.15) is 6.10 Å². The zero-order chi connectivity index (χ0) is 16.2. The lowest BCUT2D eigenvalue weighted by atomic mass is 9.79. The third-order valence-electron chi connectivity index (χ3n) is 5.13. The van der Waals surface area contributed by atoms with Crippen LogP contribution in [0.2, 0.25) is 0 Å². The van der Waals surface area contributed by atoms with Crippen molar-refractivity contribution in [1.82, 2.24) is 15.0 Å². The number of fused-ring (bicyclic) bond motifs is 1. The molecule has 0 spiro atoms. The van der Waals surface area contributed by atoms with Crippen LogP contribution in [0.3, 0.4) is 0 Å². The van der Waals surface area contributed by atoms with Crippen LogP contribution in [-0.4, -0.2) is 46.1 Å². The van der Waals surface area contributed by atoms with Crippen molar-refractivity contribution in [2.75, 3.05) is 13.1 Å². The van der Waals surface area contributed by atoms with E-state index in [9.17, 15) is 13.6 Å². The van der Waals surface area contributed by atoms with Crippen LogP contribution in [-0.2, 0) is 9.53 Å². The summed E-state index contributed by atoms with van der Waals surface area (Å²) in [4.78, 5) is 18.2. The van der Waals surface area contributed by atoms with Gasteiger partial charge in [0.2, 0.25) is 23.5 Å². The molecule has 0 bridgehead atoms. The predicted molar refractivity (Wildman–Crippen MR) is 73.6 cm³/mol. The van der Waals surface area contributed by atoms with Gasteiger partial charge in [-0.2, -0.15) is 4.98 Å². The van der Waals surface area contributed by atoms with Gasteiger partial charge in [-0.1, -0.05) is 5.16 Å². The van der Waals surface area contributed by atoms with E-state index in [-0.39, 0.29) is 31.0 Å². The minimum Gasteiger partial charge on any atom is -0.365 e. The van der Waals surface area contributed by atoms with Crippen molar-refractivity contribution in [3.8, 4) is 0 Å². The number of halogens is 2. The van der Waals surface area contributed by atoms with E-state index in [0.717, 1.165) is 12.8 Å². The average Bonchev–Trinajstić information content (AvgIpc) is 3.08. The molecule has 3 atom stereocenters. The summed E-state index contributed by atoms with van der Waals surface area (Å²) in [5.41, 5.74) is 0. The first-order valence-electron chi connectivity index (χ1n) is 8.03. The normalized spacial score (nSPS) is 33.3. The lowest BCUT2D eigenvalue weighted by Gasteiger charge is -2.40. The van der Waals surface area contributed by atoms with E-state index in [1.165, 1.54) is 0 Å². The quantitative estimate of drug-likeness (QED) is 0.832. The van der Waals surface area contributed by atoms with Gasteiger partial charge >= 0.3 is 0 Å². The van der Waals surface area contributed by atoms with Gasteiger partial charge in [0.15, 0.2) is 0 Å². The predicted octanol–water partition coefficient (Wildman–Crippen LogP) is 2.10. The second kappa shape index (κ2) is 5.22. The number of nitrogens with zero attached hydrogens (tertiary/aromatic N) is 3. The molecule has 0 N–H and O–H groups in total. The number of carbonyl (C=O) groups excluding carboxylic acids is 1. The minimum atomic E-state index is -2.66. The summed E-state index contributed by atoms with van der Waals surface area (Å²) in [6.07, 6.45) is 0.729. The summed E-state index contributed by atoms with van der Waals surface area (Å²) in [6.45, 7) is 2.82. The lowest BCUT2D eigenvalue weighted by molar-refractivity contribution is -0.163. The number of alkyl halides is 2. The van der Waals surface area contributed by atoms with E-state index in [4.69, 9.17) is 9.26 Å². The van der Waals surface area contributed by atoms with E-state index in [0.29, 0.717) is 30.7 Å². The Morgan fingerprint density at radius 3 is 2.83 bits per heavy atom. The van der Waals surface area contributed by atoms with Crippen molar-refractivity contribution in [3.63, 3.8) is 0 Å². The highest BCUT2D eigenvalue weighted by Crippen LogP contribution is 2.45. The molecule has 3 heterocycles. The maximum atomic E-state index is 13.0. The Bertz CT molecular complexity index is 613. The molecule has 2 saturated heterocycles. The zero-order valence-corrected chi connectivity index (χ0v) is 12.9. The summed E-state index contributed by atoms with van der Waals surface area (Å²) in [7, 11) is 0. The van der Waals surface area contributed by atoms with Crippen LogP contribution in [0.5, 0.6) is 0 Å². The molecule has 0 unspecified atom stereocenters. The van der Waals surface area contributed by atoms with Gasteiger partial charge in [-0.05, 0) is 18.8 Å². The lowest BCUT2D eigenvalue weighted by Crippen LogP contribution is -2.51. The highest BCUT2D eigenvalue weighted by atomic mass is 19.3. The first kappa shape index (κ1) is 15.0. The van der Waals surface area contributed by atoms with Gasteiger partial charge in [-0.15, -0.1) is 0 Å². The second-order valence-electron chi connectivity index (χ2n) is 6.86. The second-order valence-corrected chi connectivity index (χ2v) is 6.86. The summed E-state index contributed by atoms with van der Waals surface area (Å²) in [5, 5.41) is 3.90. The van der Waals surface area contributed by atoms with Crippen molar-refractivity contribution in [2.24, 2.45) is 11.8 Å². The Kier molecular flexibility index (Phi) is 3.40.